The van der Waals surface area contributed by atoms with Crippen LogP contribution in [-0.2, 0) is 11.3 Å². The molecule has 2 aromatic carbocycles. The van der Waals surface area contributed by atoms with Crippen LogP contribution >= 0.6 is 22.9 Å². The summed E-state index contributed by atoms with van der Waals surface area (Å²) in [5.74, 6) is -2.22. The van der Waals surface area contributed by atoms with Crippen molar-refractivity contribution in [2.45, 2.75) is 12.6 Å². The minimum absolute atomic E-state index is 0.0880. The first kappa shape index (κ1) is 22.2. The van der Waals surface area contributed by atoms with Gasteiger partial charge < -0.3 is 19.2 Å². The van der Waals surface area contributed by atoms with Crippen LogP contribution in [0, 0.1) is 5.82 Å². The highest BCUT2D eigenvalue weighted by molar-refractivity contribution is 7.09. The second kappa shape index (κ2) is 8.62. The van der Waals surface area contributed by atoms with Crippen molar-refractivity contribution >= 4 is 45.6 Å². The van der Waals surface area contributed by atoms with Crippen molar-refractivity contribution in [3.8, 4) is 5.75 Å². The number of aliphatic hydroxyl groups excluding tert-OH is 1. The summed E-state index contributed by atoms with van der Waals surface area (Å²) in [5, 5.41) is 13.6. The van der Waals surface area contributed by atoms with Crippen LogP contribution in [0.25, 0.3) is 11.0 Å². The van der Waals surface area contributed by atoms with Crippen LogP contribution in [0.5, 0.6) is 5.75 Å². The van der Waals surface area contributed by atoms with E-state index in [9.17, 15) is 19.1 Å². The van der Waals surface area contributed by atoms with Gasteiger partial charge in [0.15, 0.2) is 22.9 Å². The number of carbonyl (C=O) groups excluding carboxylic acids is 2. The Bertz CT molecular complexity index is 1440. The first-order valence-corrected chi connectivity index (χ1v) is 11.5. The van der Waals surface area contributed by atoms with Crippen LogP contribution in [0.4, 0.5) is 4.39 Å². The Morgan fingerprint density at radius 2 is 2.00 bits per heavy atom. The number of halogens is 2. The molecule has 4 aromatic rings. The Kier molecular flexibility index (Phi) is 5.63. The molecule has 2 aromatic heterocycles. The van der Waals surface area contributed by atoms with E-state index in [-0.39, 0.29) is 17.9 Å². The fourth-order valence-corrected chi connectivity index (χ4v) is 5.01. The van der Waals surface area contributed by atoms with Gasteiger partial charge in [-0.15, -0.1) is 11.3 Å². The van der Waals surface area contributed by atoms with Crippen LogP contribution in [0.15, 0.2) is 75.7 Å². The summed E-state index contributed by atoms with van der Waals surface area (Å²) in [4.78, 5) is 29.0. The number of hydrogen-bond donors (Lipinski definition) is 1. The number of fused-ring (bicyclic) bond motifs is 1. The Hall–Kier alpha value is -3.62. The summed E-state index contributed by atoms with van der Waals surface area (Å²) in [5.41, 5.74) is 0.654. The molecule has 0 bridgehead atoms. The van der Waals surface area contributed by atoms with Crippen LogP contribution in [-0.4, -0.2) is 28.8 Å². The summed E-state index contributed by atoms with van der Waals surface area (Å²) in [6.07, 6.45) is 0. The number of ether oxygens (including phenoxy) is 1. The molecule has 5 rings (SSSR count). The zero-order valence-electron chi connectivity index (χ0n) is 17.7. The van der Waals surface area contributed by atoms with Crippen molar-refractivity contribution < 1.29 is 28.2 Å². The highest BCUT2D eigenvalue weighted by Crippen LogP contribution is 2.41. The summed E-state index contributed by atoms with van der Waals surface area (Å²) >= 11 is 7.57. The zero-order valence-corrected chi connectivity index (χ0v) is 19.3. The second-order valence-electron chi connectivity index (χ2n) is 7.69. The lowest BCUT2D eigenvalue weighted by atomic mass is 9.95. The molecule has 1 unspecified atom stereocenters. The van der Waals surface area contributed by atoms with Crippen molar-refractivity contribution in [3.63, 3.8) is 0 Å². The SMILES string of the molecule is COc1cc(Cl)cc2cc(C(=O)C3=C(O)C(=O)N(Cc4cccs4)C3c3ccc(F)cc3)oc12. The monoisotopic (exact) mass is 497 g/mol. The molecule has 3 heterocycles. The van der Waals surface area contributed by atoms with Crippen LogP contribution in [0.1, 0.15) is 27.0 Å². The lowest BCUT2D eigenvalue weighted by Crippen LogP contribution is -2.30. The number of aliphatic hydroxyl groups is 1. The highest BCUT2D eigenvalue weighted by Gasteiger charge is 2.44. The van der Waals surface area contributed by atoms with E-state index >= 15 is 0 Å². The van der Waals surface area contributed by atoms with Crippen LogP contribution < -0.4 is 4.74 Å². The van der Waals surface area contributed by atoms with E-state index in [1.54, 1.807) is 12.1 Å². The standard InChI is InChI=1S/C25H17ClFNO5S/c1-32-19-11-15(26)9-14-10-18(33-24(14)19)22(29)20-21(13-4-6-16(27)7-5-13)28(25(31)23(20)30)12-17-3-2-8-34-17/h2-11,21,30H,12H2,1H3. The van der Waals surface area contributed by atoms with Gasteiger partial charge in [0.25, 0.3) is 5.91 Å². The van der Waals surface area contributed by atoms with E-state index in [0.717, 1.165) is 4.88 Å². The van der Waals surface area contributed by atoms with Gasteiger partial charge in [-0.1, -0.05) is 29.8 Å². The number of amides is 1. The normalized spacial score (nSPS) is 16.0. The molecule has 1 atom stereocenters. The average molecular weight is 498 g/mol. The summed E-state index contributed by atoms with van der Waals surface area (Å²) in [7, 11) is 1.45. The lowest BCUT2D eigenvalue weighted by molar-refractivity contribution is -0.130. The van der Waals surface area contributed by atoms with Crippen molar-refractivity contribution in [2.24, 2.45) is 0 Å². The van der Waals surface area contributed by atoms with Gasteiger partial charge in [-0.05, 0) is 41.3 Å². The largest absolute Gasteiger partial charge is 0.503 e. The minimum Gasteiger partial charge on any atom is -0.503 e. The number of furan rings is 1. The summed E-state index contributed by atoms with van der Waals surface area (Å²) < 4.78 is 24.7. The van der Waals surface area contributed by atoms with Gasteiger partial charge in [-0.25, -0.2) is 4.39 Å². The molecule has 0 saturated carbocycles. The predicted octanol–water partition coefficient (Wildman–Crippen LogP) is 6.07. The maximum Gasteiger partial charge on any atom is 0.290 e. The van der Waals surface area contributed by atoms with Crippen LogP contribution in [0.2, 0.25) is 5.02 Å². The Balaban J connectivity index is 1.61. The van der Waals surface area contributed by atoms with Gasteiger partial charge >= 0.3 is 0 Å². The third-order valence-electron chi connectivity index (χ3n) is 5.63. The molecule has 1 aliphatic heterocycles. The fraction of sp³-hybridized carbons (Fsp3) is 0.120. The lowest BCUT2D eigenvalue weighted by Gasteiger charge is -2.26. The van der Waals surface area contributed by atoms with E-state index < -0.39 is 29.3 Å². The first-order valence-electron chi connectivity index (χ1n) is 10.2. The molecule has 1 aliphatic rings. The molecular weight excluding hydrogens is 481 g/mol. The number of benzene rings is 2. The van der Waals surface area contributed by atoms with Gasteiger partial charge in [0.2, 0.25) is 5.78 Å². The molecule has 0 fully saturated rings. The number of rotatable bonds is 6. The molecule has 0 spiro atoms. The van der Waals surface area contributed by atoms with E-state index in [2.05, 4.69) is 0 Å². The Morgan fingerprint density at radius 3 is 2.68 bits per heavy atom. The van der Waals surface area contributed by atoms with Crippen molar-refractivity contribution in [1.29, 1.82) is 0 Å². The van der Waals surface area contributed by atoms with E-state index in [1.165, 1.54) is 53.7 Å². The number of thiophene rings is 1. The number of carbonyl (C=O) groups is 2. The van der Waals surface area contributed by atoms with Gasteiger partial charge in [0.1, 0.15) is 5.82 Å². The molecule has 34 heavy (non-hydrogen) atoms. The molecular formula is C25H17ClFNO5S. The third-order valence-corrected chi connectivity index (χ3v) is 6.71. The molecule has 1 amide bonds. The number of hydrogen-bond acceptors (Lipinski definition) is 6. The molecule has 1 N–H and O–H groups in total. The van der Waals surface area contributed by atoms with Crippen molar-refractivity contribution in [3.05, 3.63) is 98.4 Å². The van der Waals surface area contributed by atoms with Crippen molar-refractivity contribution in [2.75, 3.05) is 7.11 Å². The number of nitrogens with zero attached hydrogens (tertiary/aromatic N) is 1. The maximum atomic E-state index is 13.6. The quantitative estimate of drug-likeness (QED) is 0.327. The van der Waals surface area contributed by atoms with E-state index in [4.69, 9.17) is 20.8 Å². The number of Topliss-reactive ketones (excluding diaryl/α,β-unsaturated/α-hetero) is 1. The predicted molar refractivity (Wildman–Crippen MR) is 126 cm³/mol. The second-order valence-corrected chi connectivity index (χ2v) is 9.16. The fourth-order valence-electron chi connectivity index (χ4n) is 4.09. The van der Waals surface area contributed by atoms with Crippen molar-refractivity contribution in [1.82, 2.24) is 4.90 Å². The maximum absolute atomic E-state index is 13.6. The first-order chi connectivity index (χ1) is 16.4. The third kappa shape index (κ3) is 3.74. The Morgan fingerprint density at radius 1 is 1.24 bits per heavy atom. The average Bonchev–Trinajstić information content (AvgIpc) is 3.54. The molecule has 0 aliphatic carbocycles. The highest BCUT2D eigenvalue weighted by atomic mass is 35.5. The van der Waals surface area contributed by atoms with Gasteiger partial charge in [0, 0.05) is 21.4 Å². The van der Waals surface area contributed by atoms with Gasteiger partial charge in [-0.3, -0.25) is 9.59 Å². The molecule has 172 valence electrons. The topological polar surface area (TPSA) is 80.0 Å². The number of ketones is 1. The van der Waals surface area contributed by atoms with Crippen LogP contribution in [0.3, 0.4) is 0 Å². The Labute approximate surface area is 202 Å². The molecule has 0 radical (unpaired) electrons. The van der Waals surface area contributed by atoms with Gasteiger partial charge in [-0.2, -0.15) is 0 Å². The number of methoxy groups -OCH3 is 1. The van der Waals surface area contributed by atoms with E-state index in [1.807, 2.05) is 17.5 Å². The molecule has 6 nitrogen and oxygen atoms in total. The summed E-state index contributed by atoms with van der Waals surface area (Å²) in [6.45, 7) is 0.170. The summed E-state index contributed by atoms with van der Waals surface area (Å²) in [6, 6.07) is 12.9. The molecule has 9 heteroatoms. The minimum atomic E-state index is -0.929. The smallest absolute Gasteiger partial charge is 0.290 e. The molecule has 0 saturated heterocycles. The zero-order chi connectivity index (χ0) is 24.0. The van der Waals surface area contributed by atoms with E-state index in [0.29, 0.717) is 27.3 Å². The van der Waals surface area contributed by atoms with Gasteiger partial charge in [0.05, 0.1) is 25.3 Å².